The molecule has 0 aromatic carbocycles. The molecule has 5 aliphatic rings. The predicted molar refractivity (Wildman–Crippen MR) is 133 cm³/mol. The largest absolute Gasteiger partial charge is 0.466 e. The van der Waals surface area contributed by atoms with Gasteiger partial charge < -0.3 is 9.47 Å². The summed E-state index contributed by atoms with van der Waals surface area (Å²) in [5.74, 6) is 5.10. The van der Waals surface area contributed by atoms with Gasteiger partial charge in [-0.2, -0.15) is 0 Å². The number of hydrogen-bond acceptors (Lipinski definition) is 3. The Kier molecular flexibility index (Phi) is 6.07. The Hall–Kier alpha value is -0.830. The first-order valence-electron chi connectivity index (χ1n) is 14.1. The van der Waals surface area contributed by atoms with Gasteiger partial charge in [-0.25, -0.2) is 0 Å². The second kappa shape index (κ2) is 8.38. The van der Waals surface area contributed by atoms with Crippen LogP contribution < -0.4 is 0 Å². The van der Waals surface area contributed by atoms with E-state index in [-0.39, 0.29) is 11.9 Å². The van der Waals surface area contributed by atoms with Gasteiger partial charge in [0.05, 0.1) is 19.1 Å². The van der Waals surface area contributed by atoms with Crippen LogP contribution in [0.15, 0.2) is 12.2 Å². The Balaban J connectivity index is 1.30. The van der Waals surface area contributed by atoms with E-state index < -0.39 is 0 Å². The number of fused-ring (bicyclic) bond motifs is 4. The maximum atomic E-state index is 11.8. The van der Waals surface area contributed by atoms with Crippen molar-refractivity contribution in [2.24, 2.45) is 57.7 Å². The molecule has 0 aromatic rings. The van der Waals surface area contributed by atoms with Gasteiger partial charge in [0.1, 0.15) is 0 Å². The third kappa shape index (κ3) is 3.41. The van der Waals surface area contributed by atoms with E-state index in [2.05, 4.69) is 39.8 Å². The molecule has 3 heteroatoms. The summed E-state index contributed by atoms with van der Waals surface area (Å²) in [5, 5.41) is 0. The van der Waals surface area contributed by atoms with Gasteiger partial charge in [-0.3, -0.25) is 4.79 Å². The van der Waals surface area contributed by atoms with Crippen molar-refractivity contribution in [1.29, 1.82) is 0 Å². The Morgan fingerprint density at radius 1 is 1.06 bits per heavy atom. The normalized spacial score (nSPS) is 49.6. The molecule has 11 atom stereocenters. The summed E-state index contributed by atoms with van der Waals surface area (Å²) in [4.78, 5) is 11.8. The van der Waals surface area contributed by atoms with E-state index in [1.807, 2.05) is 14.0 Å². The van der Waals surface area contributed by atoms with Gasteiger partial charge in [0.2, 0.25) is 0 Å². The molecule has 3 nitrogen and oxygen atoms in total. The zero-order valence-corrected chi connectivity index (χ0v) is 22.1. The van der Waals surface area contributed by atoms with Gasteiger partial charge in [0, 0.05) is 12.5 Å². The van der Waals surface area contributed by atoms with E-state index in [1.165, 1.54) is 51.4 Å². The van der Waals surface area contributed by atoms with E-state index in [9.17, 15) is 4.79 Å². The second-order valence-corrected chi connectivity index (χ2v) is 13.2. The van der Waals surface area contributed by atoms with Crippen molar-refractivity contribution in [3.8, 4) is 0 Å². The summed E-state index contributed by atoms with van der Waals surface area (Å²) in [6, 6.07) is 0. The van der Waals surface area contributed by atoms with E-state index in [1.54, 1.807) is 0 Å². The molecule has 0 bridgehead atoms. The quantitative estimate of drug-likeness (QED) is 0.304. The highest BCUT2D eigenvalue weighted by atomic mass is 16.5. The van der Waals surface area contributed by atoms with Gasteiger partial charge in [0.15, 0.2) is 0 Å². The van der Waals surface area contributed by atoms with Crippen LogP contribution in [0.4, 0.5) is 0 Å². The lowest BCUT2D eigenvalue weighted by atomic mass is 9.45. The fourth-order valence-electron chi connectivity index (χ4n) is 10.5. The van der Waals surface area contributed by atoms with E-state index in [0.29, 0.717) is 41.3 Å². The molecular weight excluding hydrogens is 408 g/mol. The average Bonchev–Trinajstić information content (AvgIpc) is 3.28. The highest BCUT2D eigenvalue weighted by Gasteiger charge is 2.77. The van der Waals surface area contributed by atoms with Crippen LogP contribution in [0.3, 0.4) is 0 Å². The molecule has 186 valence electrons. The molecule has 5 aliphatic carbocycles. The summed E-state index contributed by atoms with van der Waals surface area (Å²) >= 11 is 0. The molecule has 0 radical (unpaired) electrons. The van der Waals surface area contributed by atoms with E-state index in [4.69, 9.17) is 9.47 Å². The van der Waals surface area contributed by atoms with Crippen LogP contribution in [0.5, 0.6) is 0 Å². The molecule has 5 fully saturated rings. The van der Waals surface area contributed by atoms with Crippen molar-refractivity contribution in [3.05, 3.63) is 12.2 Å². The van der Waals surface area contributed by atoms with Crippen LogP contribution in [0.1, 0.15) is 92.4 Å². The summed E-state index contributed by atoms with van der Waals surface area (Å²) in [6.45, 7) is 12.2. The lowest BCUT2D eigenvalue weighted by Gasteiger charge is -2.61. The number of carbonyl (C=O) groups is 1. The standard InChI is InChI=1S/C30H48O3/c1-7-33-27(31)16-19(2)8-9-20(3)23-10-11-24-22-17-26(32-6)30-18-21(30)12-15-29(30,5)25(22)13-14-28(23,24)4/h8-9,19-26H,7,10-18H2,1-6H3/b9-8+/t19-,20+,21+,22-,23+,24-,25-,26+,28+,29+,30-/m0/s1. The lowest BCUT2D eigenvalue weighted by Crippen LogP contribution is -2.57. The minimum Gasteiger partial charge on any atom is -0.466 e. The number of hydrogen-bond donors (Lipinski definition) is 0. The second-order valence-electron chi connectivity index (χ2n) is 13.2. The molecule has 0 aromatic heterocycles. The summed E-state index contributed by atoms with van der Waals surface area (Å²) in [6.07, 6.45) is 17.0. The Bertz CT molecular complexity index is 789. The zero-order chi connectivity index (χ0) is 23.6. The molecule has 33 heavy (non-hydrogen) atoms. The Morgan fingerprint density at radius 2 is 1.85 bits per heavy atom. The van der Waals surface area contributed by atoms with Gasteiger partial charge in [0.25, 0.3) is 0 Å². The molecule has 5 rings (SSSR count). The van der Waals surface area contributed by atoms with E-state index >= 15 is 0 Å². The SMILES string of the molecule is CCOC(=O)C[C@@H](C)/C=C/[C@@H](C)[C@H]1CC[C@H]2[C@@H]3C[C@@H](OC)[C@]45C[C@H]4CC[C@]5(C)[C@H]3CC[C@]12C. The maximum absolute atomic E-state index is 11.8. The number of ether oxygens (including phenoxy) is 2. The molecule has 0 unspecified atom stereocenters. The molecule has 1 spiro atoms. The predicted octanol–water partition coefficient (Wildman–Crippen LogP) is 7.05. The van der Waals surface area contributed by atoms with Crippen molar-refractivity contribution < 1.29 is 14.3 Å². The fraction of sp³-hybridized carbons (Fsp3) is 0.900. The third-order valence-electron chi connectivity index (χ3n) is 12.1. The molecule has 0 saturated heterocycles. The topological polar surface area (TPSA) is 35.5 Å². The van der Waals surface area contributed by atoms with Gasteiger partial charge in [-0.1, -0.05) is 39.8 Å². The van der Waals surface area contributed by atoms with Gasteiger partial charge in [-0.15, -0.1) is 0 Å². The fourth-order valence-corrected chi connectivity index (χ4v) is 10.5. The summed E-state index contributed by atoms with van der Waals surface area (Å²) < 4.78 is 11.4. The van der Waals surface area contributed by atoms with Crippen molar-refractivity contribution in [1.82, 2.24) is 0 Å². The number of carbonyl (C=O) groups excluding carboxylic acids is 1. The molecule has 0 heterocycles. The first kappa shape index (κ1) is 23.9. The lowest BCUT2D eigenvalue weighted by molar-refractivity contribution is -0.160. The summed E-state index contributed by atoms with van der Waals surface area (Å²) in [5.41, 5.74) is 1.50. The van der Waals surface area contributed by atoms with Crippen LogP contribution in [0.2, 0.25) is 0 Å². The summed E-state index contributed by atoms with van der Waals surface area (Å²) in [7, 11) is 2.00. The smallest absolute Gasteiger partial charge is 0.306 e. The van der Waals surface area contributed by atoms with Crippen LogP contribution in [-0.4, -0.2) is 25.8 Å². The van der Waals surface area contributed by atoms with Crippen molar-refractivity contribution in [3.63, 3.8) is 0 Å². The first-order valence-corrected chi connectivity index (χ1v) is 14.1. The van der Waals surface area contributed by atoms with Crippen LogP contribution in [-0.2, 0) is 14.3 Å². The van der Waals surface area contributed by atoms with Crippen LogP contribution in [0, 0.1) is 57.7 Å². The zero-order valence-electron chi connectivity index (χ0n) is 22.1. The van der Waals surface area contributed by atoms with Crippen LogP contribution >= 0.6 is 0 Å². The number of allylic oxidation sites excluding steroid dienone is 2. The first-order chi connectivity index (χ1) is 15.7. The Labute approximate surface area is 202 Å². The number of rotatable bonds is 7. The number of esters is 1. The molecule has 0 amide bonds. The van der Waals surface area contributed by atoms with E-state index in [0.717, 1.165) is 29.6 Å². The average molecular weight is 457 g/mol. The molecule has 5 saturated carbocycles. The van der Waals surface area contributed by atoms with Crippen molar-refractivity contribution in [2.75, 3.05) is 13.7 Å². The molecule has 0 N–H and O–H groups in total. The third-order valence-corrected chi connectivity index (χ3v) is 12.1. The monoisotopic (exact) mass is 456 g/mol. The highest BCUT2D eigenvalue weighted by Crippen LogP contribution is 2.82. The van der Waals surface area contributed by atoms with Crippen LogP contribution in [0.25, 0.3) is 0 Å². The van der Waals surface area contributed by atoms with Crippen molar-refractivity contribution >= 4 is 5.97 Å². The van der Waals surface area contributed by atoms with Gasteiger partial charge >= 0.3 is 5.97 Å². The van der Waals surface area contributed by atoms with Gasteiger partial charge in [-0.05, 0) is 111 Å². The highest BCUT2D eigenvalue weighted by molar-refractivity contribution is 5.69. The number of methoxy groups -OCH3 is 1. The minimum absolute atomic E-state index is 0.0744. The Morgan fingerprint density at radius 3 is 2.55 bits per heavy atom. The maximum Gasteiger partial charge on any atom is 0.306 e. The molecule has 0 aliphatic heterocycles. The minimum atomic E-state index is -0.0744. The van der Waals surface area contributed by atoms with Crippen molar-refractivity contribution in [2.45, 2.75) is 98.5 Å². The molecular formula is C30H48O3.